The Balaban J connectivity index is 1.43. The zero-order valence-corrected chi connectivity index (χ0v) is 26.4. The van der Waals surface area contributed by atoms with E-state index in [2.05, 4.69) is 145 Å². The van der Waals surface area contributed by atoms with Gasteiger partial charge in [-0.1, -0.05) is 0 Å². The summed E-state index contributed by atoms with van der Waals surface area (Å²) in [7, 11) is 0. The van der Waals surface area contributed by atoms with Crippen LogP contribution in [0.2, 0.25) is 0 Å². The van der Waals surface area contributed by atoms with E-state index < -0.39 is 17.6 Å². The Labute approximate surface area is 250 Å². The molecule has 0 aromatic heterocycles. The summed E-state index contributed by atoms with van der Waals surface area (Å²) in [4.78, 5) is 10.3. The van der Waals surface area contributed by atoms with Crippen LogP contribution >= 0.6 is 0 Å². The quantitative estimate of drug-likeness (QED) is 0.188. The molecule has 4 aliphatic heterocycles. The fourth-order valence-electron chi connectivity index (χ4n) is 6.36. The molecule has 41 heavy (non-hydrogen) atoms. The Kier molecular flexibility index (Phi) is 5.29. The van der Waals surface area contributed by atoms with E-state index in [9.17, 15) is 0 Å². The van der Waals surface area contributed by atoms with Gasteiger partial charge in [0.1, 0.15) is 0 Å². The van der Waals surface area contributed by atoms with Crippen molar-refractivity contribution in [2.45, 2.75) is 52.1 Å². The summed E-state index contributed by atoms with van der Waals surface area (Å²) in [5.74, 6) is 1.78. The molecule has 0 amide bonds. The van der Waals surface area contributed by atoms with Gasteiger partial charge in [-0.2, -0.15) is 0 Å². The maximum atomic E-state index is 6.66. The molecule has 4 heterocycles. The summed E-state index contributed by atoms with van der Waals surface area (Å²) in [6.45, 7) is 13.2. The molecule has 0 saturated carbocycles. The van der Waals surface area contributed by atoms with Gasteiger partial charge >= 0.3 is 251 Å². The summed E-state index contributed by atoms with van der Waals surface area (Å²) < 4.78 is 9.54. The molecule has 4 aromatic carbocycles. The molecule has 5 nitrogen and oxygen atoms in total. The minimum atomic E-state index is -0.538. The Morgan fingerprint density at radius 2 is 1.34 bits per heavy atom. The van der Waals surface area contributed by atoms with E-state index in [4.69, 9.17) is 4.74 Å². The SMILES string of the molecule is CC(C)(C)c1cc2cc(c1)Oc1cccc(c1)C(C)(C)N1[C]3=[Pt]=[C]4N(C2)c2ccccc2N4CN3c2ccccc21. The van der Waals surface area contributed by atoms with Gasteiger partial charge in [-0.15, -0.1) is 0 Å². The molecule has 210 valence electrons. The standard InChI is InChI=1S/C35H34N4O.Pt/c1-34(2,3)27-17-25-18-29(20-27)40-28-12-10-11-26(19-28)35(4,5)39-24-38(32-15-8-9-16-33(32)39)23-37-22-36(21-25)30-13-6-7-14-31(30)37;/h6-20H,21,23H2,1-5H3;. The van der Waals surface area contributed by atoms with Crippen molar-refractivity contribution in [1.82, 2.24) is 0 Å². The van der Waals surface area contributed by atoms with E-state index in [1.807, 2.05) is 0 Å². The molecule has 0 aliphatic carbocycles. The van der Waals surface area contributed by atoms with Crippen LogP contribution in [-0.2, 0) is 35.1 Å². The van der Waals surface area contributed by atoms with Crippen LogP contribution in [-0.4, -0.2) is 15.0 Å². The molecule has 4 aliphatic rings. The molecular weight excluding hydrogens is 687 g/mol. The third-order valence-corrected chi connectivity index (χ3v) is 12.0. The molecule has 6 bridgehead atoms. The first-order valence-electron chi connectivity index (χ1n) is 14.2. The van der Waals surface area contributed by atoms with Crippen molar-refractivity contribution >= 4 is 31.0 Å². The van der Waals surface area contributed by atoms with Crippen molar-refractivity contribution in [3.05, 3.63) is 108 Å². The Hall–Kier alpha value is -3.69. The third-order valence-electron chi connectivity index (χ3n) is 8.60. The average Bonchev–Trinajstić information content (AvgIpc) is 3.44. The van der Waals surface area contributed by atoms with Gasteiger partial charge in [0.15, 0.2) is 0 Å². The van der Waals surface area contributed by atoms with Crippen LogP contribution in [0.15, 0.2) is 91.0 Å². The number of para-hydroxylation sites is 4. The van der Waals surface area contributed by atoms with Gasteiger partial charge in [0.2, 0.25) is 0 Å². The normalized spacial score (nSPS) is 18.4. The summed E-state index contributed by atoms with van der Waals surface area (Å²) in [5.41, 5.74) is 8.72. The van der Waals surface area contributed by atoms with Crippen molar-refractivity contribution in [3.63, 3.8) is 0 Å². The molecule has 4 aromatic rings. The predicted octanol–water partition coefficient (Wildman–Crippen LogP) is 7.41. The number of hydrogen-bond donors (Lipinski definition) is 0. The Morgan fingerprint density at radius 3 is 2.07 bits per heavy atom. The topological polar surface area (TPSA) is 22.2 Å². The first-order chi connectivity index (χ1) is 19.7. The molecule has 0 unspecified atom stereocenters. The monoisotopic (exact) mass is 721 g/mol. The van der Waals surface area contributed by atoms with E-state index in [0.717, 1.165) is 24.7 Å². The van der Waals surface area contributed by atoms with Gasteiger partial charge in [-0.3, -0.25) is 0 Å². The van der Waals surface area contributed by atoms with Crippen molar-refractivity contribution in [3.8, 4) is 11.5 Å². The van der Waals surface area contributed by atoms with Crippen LogP contribution in [0, 0.1) is 0 Å². The van der Waals surface area contributed by atoms with Gasteiger partial charge in [0.25, 0.3) is 0 Å². The molecular formula is C35H34N4OPt. The maximum absolute atomic E-state index is 6.66. The molecule has 0 N–H and O–H groups in total. The fraction of sp³-hybridized carbons (Fsp3) is 0.257. The number of benzene rings is 4. The van der Waals surface area contributed by atoms with Crippen LogP contribution < -0.4 is 24.3 Å². The van der Waals surface area contributed by atoms with E-state index in [-0.39, 0.29) is 11.0 Å². The fourth-order valence-corrected chi connectivity index (χ4v) is 10.2. The second kappa shape index (κ2) is 8.66. The second-order valence-electron chi connectivity index (χ2n) is 12.8. The molecule has 0 spiro atoms. The number of hydrogen-bond acceptors (Lipinski definition) is 5. The van der Waals surface area contributed by atoms with E-state index in [0.29, 0.717) is 0 Å². The van der Waals surface area contributed by atoms with Crippen molar-refractivity contribution in [2.75, 3.05) is 26.3 Å². The molecule has 0 radical (unpaired) electrons. The Morgan fingerprint density at radius 1 is 0.683 bits per heavy atom. The van der Waals surface area contributed by atoms with Crippen molar-refractivity contribution in [1.29, 1.82) is 0 Å². The summed E-state index contributed by atoms with van der Waals surface area (Å²) in [6, 6.07) is 33.4. The third kappa shape index (κ3) is 3.78. The average molecular weight is 722 g/mol. The van der Waals surface area contributed by atoms with E-state index >= 15 is 0 Å². The zero-order valence-electron chi connectivity index (χ0n) is 24.1. The van der Waals surface area contributed by atoms with E-state index in [1.165, 1.54) is 47.7 Å². The van der Waals surface area contributed by atoms with Gasteiger partial charge in [0.05, 0.1) is 0 Å². The van der Waals surface area contributed by atoms with Crippen LogP contribution in [0.3, 0.4) is 0 Å². The summed E-state index contributed by atoms with van der Waals surface area (Å²) >= 11 is -0.538. The van der Waals surface area contributed by atoms with Crippen LogP contribution in [0.25, 0.3) is 0 Å². The molecule has 6 heteroatoms. The van der Waals surface area contributed by atoms with Gasteiger partial charge in [0, 0.05) is 0 Å². The van der Waals surface area contributed by atoms with E-state index in [1.54, 1.807) is 0 Å². The van der Waals surface area contributed by atoms with Crippen molar-refractivity contribution < 1.29 is 22.4 Å². The zero-order chi connectivity index (χ0) is 28.1. The number of nitrogens with zero attached hydrogens (tertiary/aromatic N) is 4. The first kappa shape index (κ1) is 25.1. The molecule has 0 atom stereocenters. The Bertz CT molecular complexity index is 1810. The number of fused-ring (bicyclic) bond motifs is 10. The first-order valence-corrected chi connectivity index (χ1v) is 16.5. The van der Waals surface area contributed by atoms with Crippen LogP contribution in [0.1, 0.15) is 51.3 Å². The number of rotatable bonds is 0. The van der Waals surface area contributed by atoms with Crippen molar-refractivity contribution in [2.24, 2.45) is 0 Å². The summed E-state index contributed by atoms with van der Waals surface area (Å²) in [5, 5.41) is 0. The van der Waals surface area contributed by atoms with Gasteiger partial charge in [-0.05, 0) is 0 Å². The molecule has 0 saturated heterocycles. The number of ether oxygens (including phenoxy) is 1. The van der Waals surface area contributed by atoms with Gasteiger partial charge < -0.3 is 0 Å². The second-order valence-corrected chi connectivity index (χ2v) is 15.4. The van der Waals surface area contributed by atoms with Crippen LogP contribution in [0.4, 0.5) is 22.7 Å². The molecule has 8 rings (SSSR count). The number of anilines is 4. The minimum absolute atomic E-state index is 0.00973. The van der Waals surface area contributed by atoms with Gasteiger partial charge in [-0.25, -0.2) is 0 Å². The summed E-state index contributed by atoms with van der Waals surface area (Å²) in [6.07, 6.45) is 0. The van der Waals surface area contributed by atoms with Crippen LogP contribution in [0.5, 0.6) is 11.5 Å². The predicted molar refractivity (Wildman–Crippen MR) is 166 cm³/mol. The molecule has 0 fully saturated rings.